The molecular formula is C6H13NO8P2. The van der Waals surface area contributed by atoms with Gasteiger partial charge in [0.15, 0.2) is 0 Å². The predicted octanol–water partition coefficient (Wildman–Crippen LogP) is -1.32. The van der Waals surface area contributed by atoms with Crippen molar-refractivity contribution in [2.75, 3.05) is 6.54 Å². The van der Waals surface area contributed by atoms with Crippen molar-refractivity contribution in [1.29, 1.82) is 0 Å². The summed E-state index contributed by atoms with van der Waals surface area (Å²) < 4.78 is 21.7. The van der Waals surface area contributed by atoms with Gasteiger partial charge in [-0.05, 0) is 6.92 Å². The third-order valence-electron chi connectivity index (χ3n) is 1.81. The first-order valence-corrected chi connectivity index (χ1v) is 7.33. The lowest BCUT2D eigenvalue weighted by Gasteiger charge is -2.29. The van der Waals surface area contributed by atoms with Crippen molar-refractivity contribution < 1.29 is 38.6 Å². The fourth-order valence-electron chi connectivity index (χ4n) is 0.725. The molecule has 0 spiro atoms. The van der Waals surface area contributed by atoms with E-state index in [-0.39, 0.29) is 5.57 Å². The van der Waals surface area contributed by atoms with Crippen LogP contribution in [0.25, 0.3) is 0 Å². The maximum absolute atomic E-state index is 11.0. The van der Waals surface area contributed by atoms with Crippen molar-refractivity contribution >= 4 is 21.1 Å². The standard InChI is InChI=1S/C6H13NO8P2/c1-4(2)5(8)7-3-6(9,16(10,11)12)17(13,14)15/h9H,1,3H2,2H3,(H,7,8)(H2,10,11,12)(H2,13,14,15). The molecule has 0 bridgehead atoms. The zero-order valence-corrected chi connectivity index (χ0v) is 10.6. The fourth-order valence-corrected chi connectivity index (χ4v) is 2.65. The van der Waals surface area contributed by atoms with E-state index in [0.717, 1.165) is 0 Å². The molecule has 0 aliphatic carbocycles. The van der Waals surface area contributed by atoms with Crippen LogP contribution in [0.1, 0.15) is 6.92 Å². The van der Waals surface area contributed by atoms with Gasteiger partial charge in [0.25, 0.3) is 5.08 Å². The van der Waals surface area contributed by atoms with Gasteiger partial charge in [0.1, 0.15) is 0 Å². The molecule has 11 heteroatoms. The molecule has 0 aliphatic rings. The number of carbonyl (C=O) groups is 1. The van der Waals surface area contributed by atoms with Crippen LogP contribution in [-0.4, -0.2) is 42.2 Å². The molecule has 0 radical (unpaired) electrons. The minimum Gasteiger partial charge on any atom is -0.366 e. The molecule has 0 rings (SSSR count). The Balaban J connectivity index is 5.15. The third-order valence-corrected chi connectivity index (χ3v) is 5.55. The lowest BCUT2D eigenvalue weighted by atomic mass is 10.3. The van der Waals surface area contributed by atoms with Gasteiger partial charge in [0.05, 0.1) is 6.54 Å². The van der Waals surface area contributed by atoms with Gasteiger partial charge in [-0.25, -0.2) is 0 Å². The highest BCUT2D eigenvalue weighted by Crippen LogP contribution is 2.66. The number of carbonyl (C=O) groups excluding carboxylic acids is 1. The largest absolute Gasteiger partial charge is 0.371 e. The quantitative estimate of drug-likeness (QED) is 0.268. The van der Waals surface area contributed by atoms with Crippen LogP contribution >= 0.6 is 15.2 Å². The smallest absolute Gasteiger partial charge is 0.366 e. The van der Waals surface area contributed by atoms with E-state index < -0.39 is 32.7 Å². The summed E-state index contributed by atoms with van der Waals surface area (Å²) in [5, 5.41) is 7.46. The van der Waals surface area contributed by atoms with E-state index in [1.165, 1.54) is 6.92 Å². The van der Waals surface area contributed by atoms with Crippen molar-refractivity contribution in [2.45, 2.75) is 12.0 Å². The van der Waals surface area contributed by atoms with E-state index in [0.29, 0.717) is 0 Å². The summed E-state index contributed by atoms with van der Waals surface area (Å²) in [5.41, 5.74) is -0.0521. The van der Waals surface area contributed by atoms with Crippen LogP contribution in [0.5, 0.6) is 0 Å². The lowest BCUT2D eigenvalue weighted by Crippen LogP contribution is -2.42. The van der Waals surface area contributed by atoms with Gasteiger partial charge in [0.2, 0.25) is 5.91 Å². The molecule has 0 atom stereocenters. The second-order valence-corrected chi connectivity index (χ2v) is 7.33. The van der Waals surface area contributed by atoms with Gasteiger partial charge >= 0.3 is 15.2 Å². The average Bonchev–Trinajstić information content (AvgIpc) is 2.09. The number of aliphatic hydroxyl groups is 1. The molecule has 0 saturated carbocycles. The van der Waals surface area contributed by atoms with Crippen LogP contribution in [0, 0.1) is 0 Å². The van der Waals surface area contributed by atoms with Gasteiger partial charge in [-0.1, -0.05) is 6.58 Å². The van der Waals surface area contributed by atoms with E-state index in [2.05, 4.69) is 6.58 Å². The van der Waals surface area contributed by atoms with Crippen molar-refractivity contribution in [3.05, 3.63) is 12.2 Å². The fraction of sp³-hybridized carbons (Fsp3) is 0.500. The average molecular weight is 289 g/mol. The SMILES string of the molecule is C=C(C)C(=O)NCC(O)(P(=O)(O)O)P(=O)(O)O. The first-order valence-electron chi connectivity index (χ1n) is 4.10. The summed E-state index contributed by atoms with van der Waals surface area (Å²) >= 11 is 0. The van der Waals surface area contributed by atoms with E-state index >= 15 is 0 Å². The highest BCUT2D eigenvalue weighted by Gasteiger charge is 2.59. The summed E-state index contributed by atoms with van der Waals surface area (Å²) in [6.07, 6.45) is 0. The molecule has 100 valence electrons. The van der Waals surface area contributed by atoms with E-state index in [1.807, 2.05) is 0 Å². The Labute approximate surface area is 96.5 Å². The normalized spacial score (nSPS) is 13.3. The van der Waals surface area contributed by atoms with Crippen LogP contribution in [0.3, 0.4) is 0 Å². The zero-order chi connectivity index (χ0) is 14.1. The number of hydrogen-bond acceptors (Lipinski definition) is 4. The van der Waals surface area contributed by atoms with Crippen LogP contribution in [-0.2, 0) is 13.9 Å². The summed E-state index contributed by atoms with van der Waals surface area (Å²) in [4.78, 5) is 45.9. The summed E-state index contributed by atoms with van der Waals surface area (Å²) in [5.74, 6) is -0.898. The molecule has 9 nitrogen and oxygen atoms in total. The van der Waals surface area contributed by atoms with Crippen molar-refractivity contribution in [2.24, 2.45) is 0 Å². The number of rotatable bonds is 5. The molecule has 0 aliphatic heterocycles. The van der Waals surface area contributed by atoms with Crippen LogP contribution in [0.4, 0.5) is 0 Å². The van der Waals surface area contributed by atoms with Crippen LogP contribution in [0.2, 0.25) is 0 Å². The van der Waals surface area contributed by atoms with Gasteiger partial charge < -0.3 is 30.0 Å². The second kappa shape index (κ2) is 4.99. The molecule has 1 amide bonds. The maximum Gasteiger partial charge on any atom is 0.371 e. The minimum absolute atomic E-state index is 0.0521. The van der Waals surface area contributed by atoms with E-state index in [9.17, 15) is 19.0 Å². The monoisotopic (exact) mass is 289 g/mol. The second-order valence-electron chi connectivity index (χ2n) is 3.33. The highest BCUT2D eigenvalue weighted by atomic mass is 31.2. The van der Waals surface area contributed by atoms with Gasteiger partial charge in [-0.3, -0.25) is 13.9 Å². The molecule has 0 heterocycles. The molecule has 0 aromatic carbocycles. The number of amides is 1. The topological polar surface area (TPSA) is 164 Å². The molecule has 0 saturated heterocycles. The Hall–Kier alpha value is -0.530. The van der Waals surface area contributed by atoms with Crippen molar-refractivity contribution in [1.82, 2.24) is 5.32 Å². The summed E-state index contributed by atoms with van der Waals surface area (Å²) in [7, 11) is -11.1. The highest BCUT2D eigenvalue weighted by molar-refractivity contribution is 7.72. The van der Waals surface area contributed by atoms with Crippen molar-refractivity contribution in [3.63, 3.8) is 0 Å². The molecule has 17 heavy (non-hydrogen) atoms. The van der Waals surface area contributed by atoms with Crippen molar-refractivity contribution in [3.8, 4) is 0 Å². The first-order chi connectivity index (χ1) is 7.33. The Morgan fingerprint density at radius 3 is 1.82 bits per heavy atom. The minimum atomic E-state index is -5.55. The zero-order valence-electron chi connectivity index (χ0n) is 8.77. The van der Waals surface area contributed by atoms with Crippen LogP contribution < -0.4 is 5.32 Å². The molecule has 0 unspecified atom stereocenters. The molecule has 0 fully saturated rings. The lowest BCUT2D eigenvalue weighted by molar-refractivity contribution is -0.117. The Morgan fingerprint density at radius 1 is 1.24 bits per heavy atom. The molecule has 6 N–H and O–H groups in total. The molecule has 0 aromatic heterocycles. The maximum atomic E-state index is 11.0. The predicted molar refractivity (Wildman–Crippen MR) is 56.9 cm³/mol. The summed E-state index contributed by atoms with van der Waals surface area (Å²) in [6.45, 7) is 3.17. The third kappa shape index (κ3) is 3.72. The first kappa shape index (κ1) is 16.5. The Bertz CT molecular complexity index is 398. The Kier molecular flexibility index (Phi) is 4.84. The van der Waals surface area contributed by atoms with Crippen LogP contribution in [0.15, 0.2) is 12.2 Å². The molecular weight excluding hydrogens is 276 g/mol. The van der Waals surface area contributed by atoms with E-state index in [1.54, 1.807) is 5.32 Å². The van der Waals surface area contributed by atoms with Gasteiger partial charge in [0, 0.05) is 5.57 Å². The van der Waals surface area contributed by atoms with Gasteiger partial charge in [-0.2, -0.15) is 0 Å². The van der Waals surface area contributed by atoms with E-state index in [4.69, 9.17) is 19.6 Å². The number of nitrogens with one attached hydrogen (secondary N) is 1. The number of hydrogen-bond donors (Lipinski definition) is 6. The summed E-state index contributed by atoms with van der Waals surface area (Å²) in [6, 6.07) is 0. The van der Waals surface area contributed by atoms with Gasteiger partial charge in [-0.15, -0.1) is 0 Å². The Morgan fingerprint density at radius 2 is 1.59 bits per heavy atom. The molecule has 0 aromatic rings.